The molecule has 0 radical (unpaired) electrons. The molecule has 2 saturated heterocycles. The lowest BCUT2D eigenvalue weighted by atomic mass is 9.81. The zero-order valence-corrected chi connectivity index (χ0v) is 28.3. The van der Waals surface area contributed by atoms with E-state index >= 15 is 0 Å². The molecule has 0 bridgehead atoms. The number of allylic oxidation sites excluding steroid dienone is 2. The van der Waals surface area contributed by atoms with Crippen molar-refractivity contribution in [1.82, 2.24) is 0 Å². The summed E-state index contributed by atoms with van der Waals surface area (Å²) < 4.78 is 34.0. The molecule has 20 heteroatoms. The molecule has 0 aromatic heterocycles. The van der Waals surface area contributed by atoms with Gasteiger partial charge >= 0.3 is 5.76 Å². The van der Waals surface area contributed by atoms with E-state index in [4.69, 9.17) is 23.7 Å². The molecule has 0 spiro atoms. The Bertz CT molecular complexity index is 1620. The first-order chi connectivity index (χ1) is 25.7. The van der Waals surface area contributed by atoms with E-state index in [2.05, 4.69) is 4.74 Å². The van der Waals surface area contributed by atoms with Gasteiger partial charge in [0.15, 0.2) is 23.9 Å². The molecule has 0 amide bonds. The van der Waals surface area contributed by atoms with E-state index in [1.807, 2.05) is 0 Å². The number of rotatable bonds is 10. The minimum atomic E-state index is -1.95. The highest BCUT2D eigenvalue weighted by atomic mass is 16.8. The van der Waals surface area contributed by atoms with Crippen molar-refractivity contribution in [3.05, 3.63) is 64.8 Å². The van der Waals surface area contributed by atoms with E-state index in [1.165, 1.54) is 24.3 Å². The van der Waals surface area contributed by atoms with Crippen molar-refractivity contribution >= 4 is 5.76 Å². The maximum absolute atomic E-state index is 11.2. The second-order valence-corrected chi connectivity index (χ2v) is 13.6. The highest BCUT2D eigenvalue weighted by molar-refractivity contribution is 5.69. The normalized spacial score (nSPS) is 41.2. The van der Waals surface area contributed by atoms with Crippen molar-refractivity contribution in [2.24, 2.45) is 5.92 Å². The van der Waals surface area contributed by atoms with Crippen molar-refractivity contribution in [3.8, 4) is 11.5 Å². The minimum absolute atomic E-state index is 0.0581. The van der Waals surface area contributed by atoms with Gasteiger partial charge in [0.25, 0.3) is 0 Å². The van der Waals surface area contributed by atoms with Crippen LogP contribution in [0.1, 0.15) is 12.0 Å². The van der Waals surface area contributed by atoms with Crippen molar-refractivity contribution < 1.29 is 99.9 Å². The summed E-state index contributed by atoms with van der Waals surface area (Å²) in [5.41, 5.74) is 0.303. The van der Waals surface area contributed by atoms with E-state index < -0.39 is 129 Å². The van der Waals surface area contributed by atoms with Gasteiger partial charge in [-0.1, -0.05) is 0 Å². The smallest absolute Gasteiger partial charge is 0.305 e. The van der Waals surface area contributed by atoms with Crippen LogP contribution in [0, 0.1) is 5.92 Å². The molecule has 3 aliphatic heterocycles. The molecule has 5 aliphatic rings. The predicted molar refractivity (Wildman–Crippen MR) is 175 cm³/mol. The summed E-state index contributed by atoms with van der Waals surface area (Å²) in [6, 6.07) is 3.64. The van der Waals surface area contributed by atoms with E-state index in [9.17, 15) is 71.5 Å². The van der Waals surface area contributed by atoms with Crippen LogP contribution in [0.2, 0.25) is 0 Å². The number of benzene rings is 1. The van der Waals surface area contributed by atoms with Crippen LogP contribution in [-0.2, 0) is 23.7 Å². The molecule has 3 heterocycles. The van der Waals surface area contributed by atoms with Gasteiger partial charge < -0.3 is 99.9 Å². The monoisotopic (exact) mass is 773 g/mol. The number of phenolic OH excluding ortho intramolecular Hbond substituents is 2. The number of ether oxygens (including phenoxy) is 6. The Morgan fingerprint density at radius 3 is 1.96 bits per heavy atom. The van der Waals surface area contributed by atoms with Crippen molar-refractivity contribution in [1.29, 1.82) is 0 Å². The molecule has 15 N–H and O–H groups in total. The third kappa shape index (κ3) is 7.63. The summed E-state index contributed by atoms with van der Waals surface area (Å²) in [5, 5.41) is 145. The number of phenols is 2. The largest absolute Gasteiger partial charge is 0.571 e. The van der Waals surface area contributed by atoms with E-state index in [0.29, 0.717) is 0 Å². The fourth-order valence-electron chi connectivity index (χ4n) is 6.92. The second-order valence-electron chi connectivity index (χ2n) is 13.6. The predicted octanol–water partition coefficient (Wildman–Crippen LogP) is -4.94. The molecule has 54 heavy (non-hydrogen) atoms. The van der Waals surface area contributed by atoms with Crippen LogP contribution >= 0.6 is 0 Å². The summed E-state index contributed by atoms with van der Waals surface area (Å²) in [7, 11) is 0. The molecule has 6 rings (SSSR count). The number of hydrogen-bond donors (Lipinski definition) is 14. The number of hydrogen-bond acceptors (Lipinski definition) is 19. The van der Waals surface area contributed by atoms with Crippen LogP contribution in [0.5, 0.6) is 11.5 Å². The van der Waals surface area contributed by atoms with Crippen LogP contribution in [-0.4, -0.2) is 188 Å². The average Bonchev–Trinajstić information content (AvgIpc) is 3.15. The highest BCUT2D eigenvalue weighted by Gasteiger charge is 2.52. The van der Waals surface area contributed by atoms with Crippen LogP contribution < -0.4 is 0 Å². The zero-order chi connectivity index (χ0) is 39.2. The van der Waals surface area contributed by atoms with Gasteiger partial charge in [-0.2, -0.15) is 0 Å². The Morgan fingerprint density at radius 1 is 0.667 bits per heavy atom. The minimum Gasteiger partial charge on any atom is -0.571 e. The van der Waals surface area contributed by atoms with Gasteiger partial charge in [-0.05, 0) is 18.6 Å². The zero-order valence-electron chi connectivity index (χ0n) is 28.3. The second kappa shape index (κ2) is 16.3. The Kier molecular flexibility index (Phi) is 12.1. The molecule has 1 aromatic rings. The van der Waals surface area contributed by atoms with Crippen molar-refractivity contribution in [2.75, 3.05) is 19.8 Å². The molecule has 16 atom stereocenters. The summed E-state index contributed by atoms with van der Waals surface area (Å²) in [6.07, 6.45) is -21.0. The molecule has 1 saturated carbocycles. The first kappa shape index (κ1) is 40.1. The summed E-state index contributed by atoms with van der Waals surface area (Å²) in [5.74, 6) is -2.62. The van der Waals surface area contributed by atoms with Gasteiger partial charge in [0.05, 0.1) is 36.5 Å². The first-order valence-electron chi connectivity index (χ1n) is 17.1. The molecule has 1 aromatic carbocycles. The molecule has 2 aliphatic carbocycles. The van der Waals surface area contributed by atoms with E-state index in [-0.39, 0.29) is 40.6 Å². The Balaban J connectivity index is 1.39. The molecule has 16 unspecified atom stereocenters. The highest BCUT2D eigenvalue weighted by Crippen LogP contribution is 2.41. The van der Waals surface area contributed by atoms with Gasteiger partial charge in [0.2, 0.25) is 18.2 Å². The van der Waals surface area contributed by atoms with E-state index in [0.717, 1.165) is 12.1 Å². The van der Waals surface area contributed by atoms with Gasteiger partial charge in [-0.25, -0.2) is 0 Å². The van der Waals surface area contributed by atoms with Crippen molar-refractivity contribution in [2.45, 2.75) is 98.4 Å². The Morgan fingerprint density at radius 2 is 1.31 bits per heavy atom. The fraction of sp³-hybridized carbons (Fsp3) is 0.588. The van der Waals surface area contributed by atoms with Crippen LogP contribution in [0.25, 0.3) is 5.76 Å². The number of aliphatic hydroxyl groups is 14. The lowest BCUT2D eigenvalue weighted by Crippen LogP contribution is -2.64. The summed E-state index contributed by atoms with van der Waals surface area (Å²) in [6.45, 7) is -2.18. The summed E-state index contributed by atoms with van der Waals surface area (Å²) >= 11 is 0. The van der Waals surface area contributed by atoms with Gasteiger partial charge in [0, 0.05) is 30.7 Å². The third-order valence-corrected chi connectivity index (χ3v) is 10.1. The number of fused-ring (bicyclic) bond motifs is 1. The number of aliphatic hydroxyl groups excluding tert-OH is 12. The lowest BCUT2D eigenvalue weighted by molar-refractivity contribution is -0.363. The lowest BCUT2D eigenvalue weighted by Gasteiger charge is -2.46. The average molecular weight is 774 g/mol. The standard InChI is InChI=1S/C34H44O20/c35-8-12-4-19(24(42)27(45)23(12)41)49-17-5-13(38)6-18-14(17)7-20(31(50-18)11-1-2-15(39)16(40)3-11)51-34-32(29(47)26(44)22(10-37)53-34)54-33-30(48)28(46)25(43)21(9-36)52-33/h1-3,5-7,12,18-19,21-30,32-48H,4,8-10H2/p+1. The van der Waals surface area contributed by atoms with Crippen LogP contribution in [0.15, 0.2) is 59.3 Å². The Labute approximate surface area is 306 Å². The maximum atomic E-state index is 11.2. The third-order valence-electron chi connectivity index (χ3n) is 10.1. The van der Waals surface area contributed by atoms with Crippen molar-refractivity contribution in [3.63, 3.8) is 0 Å². The Hall–Kier alpha value is -3.58. The van der Waals surface area contributed by atoms with Gasteiger partial charge in [-0.3, -0.25) is 0 Å². The maximum Gasteiger partial charge on any atom is 0.305 e. The molecule has 20 nitrogen and oxygen atoms in total. The summed E-state index contributed by atoms with van der Waals surface area (Å²) in [4.78, 5) is 0. The first-order valence-corrected chi connectivity index (χ1v) is 17.1. The molecular weight excluding hydrogens is 728 g/mol. The van der Waals surface area contributed by atoms with Crippen LogP contribution in [0.4, 0.5) is 0 Å². The van der Waals surface area contributed by atoms with E-state index in [1.54, 1.807) is 0 Å². The number of aromatic hydroxyl groups is 2. The molecular formula is C34H45O20+. The quantitative estimate of drug-likeness (QED) is 0.0782. The fourth-order valence-corrected chi connectivity index (χ4v) is 6.92. The van der Waals surface area contributed by atoms with Gasteiger partial charge in [-0.15, -0.1) is 0 Å². The SMILES string of the molecule is OCC1CC(OC2=CC(O)=CC3[OH+]C(c4ccc(O)c(O)c4)=C(OC4OC(CO)C(O)C(O)C4OC4OC(CO)C(O)C(O)C4O)C=C23)C(O)C(O)C1O. The molecule has 300 valence electrons. The van der Waals surface area contributed by atoms with Gasteiger partial charge in [0.1, 0.15) is 72.6 Å². The van der Waals surface area contributed by atoms with Crippen LogP contribution in [0.3, 0.4) is 0 Å². The topological polar surface area (TPSA) is 342 Å². The molecule has 3 fully saturated rings.